The minimum absolute atomic E-state index is 0.179. The van der Waals surface area contributed by atoms with Crippen LogP contribution in [0.3, 0.4) is 0 Å². The molecule has 0 atom stereocenters. The van der Waals surface area contributed by atoms with Crippen LogP contribution in [-0.4, -0.2) is 58.6 Å². The van der Waals surface area contributed by atoms with E-state index in [1.54, 1.807) is 18.6 Å². The van der Waals surface area contributed by atoms with Crippen LogP contribution in [0.15, 0.2) is 30.9 Å². The third kappa shape index (κ3) is 3.76. The van der Waals surface area contributed by atoms with Crippen LogP contribution in [0.25, 0.3) is 0 Å². The molecule has 0 spiro atoms. The van der Waals surface area contributed by atoms with E-state index in [0.29, 0.717) is 12.2 Å². The maximum absolute atomic E-state index is 11.8. The highest BCUT2D eigenvalue weighted by molar-refractivity contribution is 5.91. The maximum atomic E-state index is 11.8. The van der Waals surface area contributed by atoms with Gasteiger partial charge in [0, 0.05) is 45.1 Å². The summed E-state index contributed by atoms with van der Waals surface area (Å²) in [6, 6.07) is 1.81. The summed E-state index contributed by atoms with van der Waals surface area (Å²) in [7, 11) is 0. The number of nitrogens with zero attached hydrogens (tertiary/aromatic N) is 6. The number of amides is 1. The monoisotopic (exact) mass is 327 g/mol. The summed E-state index contributed by atoms with van der Waals surface area (Å²) in [5.41, 5.74) is 0.350. The number of hydrogen-bond acceptors (Lipinski definition) is 7. The second-order valence-corrected chi connectivity index (χ2v) is 5.54. The van der Waals surface area contributed by atoms with E-state index in [9.17, 15) is 4.79 Å². The van der Waals surface area contributed by atoms with E-state index in [1.165, 1.54) is 6.20 Å². The van der Waals surface area contributed by atoms with Crippen LogP contribution >= 0.6 is 0 Å². The summed E-state index contributed by atoms with van der Waals surface area (Å²) < 4.78 is 0. The van der Waals surface area contributed by atoms with Gasteiger partial charge in [-0.15, -0.1) is 0 Å². The predicted octanol–water partition coefficient (Wildman–Crippen LogP) is 0.733. The molecular weight excluding hydrogens is 306 g/mol. The van der Waals surface area contributed by atoms with E-state index in [2.05, 4.69) is 35.1 Å². The van der Waals surface area contributed by atoms with E-state index in [1.807, 2.05) is 13.0 Å². The Morgan fingerprint density at radius 1 is 1.04 bits per heavy atom. The van der Waals surface area contributed by atoms with Gasteiger partial charge in [0.05, 0.1) is 12.4 Å². The summed E-state index contributed by atoms with van der Waals surface area (Å²) in [6.45, 7) is 5.93. The van der Waals surface area contributed by atoms with E-state index in [4.69, 9.17) is 0 Å². The number of carbonyl (C=O) groups is 1. The fourth-order valence-corrected chi connectivity index (χ4v) is 2.52. The number of anilines is 2. The number of aromatic nitrogens is 4. The molecule has 1 fully saturated rings. The van der Waals surface area contributed by atoms with Gasteiger partial charge < -0.3 is 15.1 Å². The van der Waals surface area contributed by atoms with Gasteiger partial charge in [-0.1, -0.05) is 6.92 Å². The zero-order valence-electron chi connectivity index (χ0n) is 13.7. The van der Waals surface area contributed by atoms with Crippen molar-refractivity contribution in [3.8, 4) is 0 Å². The summed E-state index contributed by atoms with van der Waals surface area (Å²) in [5.74, 6) is 1.36. The number of hydrogen-bond donors (Lipinski definition) is 1. The van der Waals surface area contributed by atoms with Gasteiger partial charge in [-0.3, -0.25) is 4.79 Å². The Morgan fingerprint density at radius 3 is 2.38 bits per heavy atom. The van der Waals surface area contributed by atoms with Crippen LogP contribution in [0, 0.1) is 0 Å². The Kier molecular flexibility index (Phi) is 5.15. The third-order valence-corrected chi connectivity index (χ3v) is 3.85. The van der Waals surface area contributed by atoms with Crippen LogP contribution in [-0.2, 0) is 0 Å². The van der Waals surface area contributed by atoms with Crippen molar-refractivity contribution in [2.75, 3.05) is 42.5 Å². The fourth-order valence-electron chi connectivity index (χ4n) is 2.52. The zero-order chi connectivity index (χ0) is 16.8. The van der Waals surface area contributed by atoms with E-state index in [-0.39, 0.29) is 5.91 Å². The minimum Gasteiger partial charge on any atom is -0.352 e. The van der Waals surface area contributed by atoms with Crippen molar-refractivity contribution in [3.63, 3.8) is 0 Å². The van der Waals surface area contributed by atoms with Gasteiger partial charge in [0.1, 0.15) is 11.5 Å². The molecule has 1 N–H and O–H groups in total. The van der Waals surface area contributed by atoms with Crippen molar-refractivity contribution in [2.24, 2.45) is 0 Å². The molecule has 0 aliphatic carbocycles. The molecule has 3 rings (SSSR count). The molecule has 1 amide bonds. The van der Waals surface area contributed by atoms with Crippen LogP contribution in [0.2, 0.25) is 0 Å². The lowest BCUT2D eigenvalue weighted by Gasteiger charge is -2.35. The standard InChI is InChI=1S/C16H21N7O/c1-2-4-17-15(24)13-11-21-14(12-20-13)22-7-9-23(10-8-22)16-18-5-3-6-19-16/h3,5-6,11-12H,2,4,7-10H2,1H3,(H,17,24). The number of carbonyl (C=O) groups excluding carboxylic acids is 1. The molecule has 24 heavy (non-hydrogen) atoms. The topological polar surface area (TPSA) is 87.1 Å². The molecule has 8 nitrogen and oxygen atoms in total. The lowest BCUT2D eigenvalue weighted by Crippen LogP contribution is -2.47. The molecule has 0 radical (unpaired) electrons. The smallest absolute Gasteiger partial charge is 0.271 e. The lowest BCUT2D eigenvalue weighted by molar-refractivity contribution is 0.0948. The van der Waals surface area contributed by atoms with Gasteiger partial charge in [0.25, 0.3) is 5.91 Å². The normalized spacial score (nSPS) is 14.5. The summed E-state index contributed by atoms with van der Waals surface area (Å²) in [4.78, 5) is 33.3. The predicted molar refractivity (Wildman–Crippen MR) is 91.1 cm³/mol. The average Bonchev–Trinajstić information content (AvgIpc) is 2.67. The Bertz CT molecular complexity index is 654. The van der Waals surface area contributed by atoms with Crippen LogP contribution in [0.1, 0.15) is 23.8 Å². The molecule has 3 heterocycles. The van der Waals surface area contributed by atoms with Crippen molar-refractivity contribution in [3.05, 3.63) is 36.5 Å². The summed E-state index contributed by atoms with van der Waals surface area (Å²) >= 11 is 0. The molecule has 0 unspecified atom stereocenters. The number of rotatable bonds is 5. The van der Waals surface area contributed by atoms with Gasteiger partial charge >= 0.3 is 0 Å². The van der Waals surface area contributed by atoms with Gasteiger partial charge in [-0.25, -0.2) is 19.9 Å². The molecular formula is C16H21N7O. The molecule has 1 aliphatic heterocycles. The van der Waals surface area contributed by atoms with Crippen LogP contribution < -0.4 is 15.1 Å². The van der Waals surface area contributed by atoms with Crippen molar-refractivity contribution < 1.29 is 4.79 Å². The van der Waals surface area contributed by atoms with Crippen molar-refractivity contribution >= 4 is 17.7 Å². The number of piperazine rings is 1. The van der Waals surface area contributed by atoms with Gasteiger partial charge in [-0.05, 0) is 12.5 Å². The first-order chi connectivity index (χ1) is 11.8. The molecule has 126 valence electrons. The van der Waals surface area contributed by atoms with E-state index >= 15 is 0 Å². The first kappa shape index (κ1) is 16.1. The molecule has 0 saturated carbocycles. The first-order valence-electron chi connectivity index (χ1n) is 8.15. The fraction of sp³-hybridized carbons (Fsp3) is 0.438. The first-order valence-corrected chi connectivity index (χ1v) is 8.15. The van der Waals surface area contributed by atoms with Crippen LogP contribution in [0.4, 0.5) is 11.8 Å². The summed E-state index contributed by atoms with van der Waals surface area (Å²) in [6.07, 6.45) is 7.60. The highest BCUT2D eigenvalue weighted by Crippen LogP contribution is 2.15. The van der Waals surface area contributed by atoms with Crippen molar-refractivity contribution in [2.45, 2.75) is 13.3 Å². The maximum Gasteiger partial charge on any atom is 0.271 e. The minimum atomic E-state index is -0.179. The van der Waals surface area contributed by atoms with Gasteiger partial charge in [0.15, 0.2) is 0 Å². The average molecular weight is 327 g/mol. The summed E-state index contributed by atoms with van der Waals surface area (Å²) in [5, 5.41) is 2.80. The quantitative estimate of drug-likeness (QED) is 0.866. The van der Waals surface area contributed by atoms with Crippen molar-refractivity contribution in [1.29, 1.82) is 0 Å². The lowest BCUT2D eigenvalue weighted by atomic mass is 10.3. The Hall–Kier alpha value is -2.77. The van der Waals surface area contributed by atoms with Gasteiger partial charge in [-0.2, -0.15) is 0 Å². The van der Waals surface area contributed by atoms with Crippen LogP contribution in [0.5, 0.6) is 0 Å². The molecule has 1 aliphatic rings. The Balaban J connectivity index is 1.57. The molecule has 0 bridgehead atoms. The van der Waals surface area contributed by atoms with Gasteiger partial charge in [0.2, 0.25) is 5.95 Å². The third-order valence-electron chi connectivity index (χ3n) is 3.85. The largest absolute Gasteiger partial charge is 0.352 e. The zero-order valence-corrected chi connectivity index (χ0v) is 13.7. The molecule has 8 heteroatoms. The molecule has 2 aromatic rings. The molecule has 0 aromatic carbocycles. The van der Waals surface area contributed by atoms with E-state index < -0.39 is 0 Å². The van der Waals surface area contributed by atoms with Crippen molar-refractivity contribution in [1.82, 2.24) is 25.3 Å². The highest BCUT2D eigenvalue weighted by Gasteiger charge is 2.20. The second-order valence-electron chi connectivity index (χ2n) is 5.54. The molecule has 1 saturated heterocycles. The van der Waals surface area contributed by atoms with E-state index in [0.717, 1.165) is 44.4 Å². The Morgan fingerprint density at radius 2 is 1.75 bits per heavy atom. The highest BCUT2D eigenvalue weighted by atomic mass is 16.1. The molecule has 2 aromatic heterocycles. The second kappa shape index (κ2) is 7.67. The SMILES string of the molecule is CCCNC(=O)c1cnc(N2CCN(c3ncccn3)CC2)cn1. The Labute approximate surface area is 141 Å². The number of nitrogens with one attached hydrogen (secondary N) is 1.